The first-order valence-corrected chi connectivity index (χ1v) is 8.78. The fourth-order valence-electron chi connectivity index (χ4n) is 2.64. The van der Waals surface area contributed by atoms with Crippen LogP contribution in [0.25, 0.3) is 0 Å². The highest BCUT2D eigenvalue weighted by Gasteiger charge is 2.33. The Morgan fingerprint density at radius 1 is 1.04 bits per heavy atom. The zero-order valence-electron chi connectivity index (χ0n) is 13.2. The second kappa shape index (κ2) is 6.81. The van der Waals surface area contributed by atoms with Crippen LogP contribution in [0.5, 0.6) is 0 Å². The third-order valence-electron chi connectivity index (χ3n) is 3.99. The molecule has 118 valence electrons. The van der Waals surface area contributed by atoms with Crippen LogP contribution < -0.4 is 0 Å². The minimum Gasteiger partial charge on any atom is -0.324 e. The third kappa shape index (κ3) is 3.62. The first-order valence-electron chi connectivity index (χ1n) is 7.52. The van der Waals surface area contributed by atoms with E-state index in [9.17, 15) is 0 Å². The molecule has 0 radical (unpaired) electrons. The van der Waals surface area contributed by atoms with Crippen LogP contribution >= 0.6 is 23.4 Å². The Balaban J connectivity index is 1.97. The Hall–Kier alpha value is -1.71. The predicted octanol–water partition coefficient (Wildman–Crippen LogP) is 5.81. The Morgan fingerprint density at radius 3 is 2.35 bits per heavy atom. The molecule has 3 rings (SSSR count). The van der Waals surface area contributed by atoms with Gasteiger partial charge in [0.2, 0.25) is 0 Å². The molecule has 0 spiro atoms. The Bertz CT molecular complexity index is 737. The molecule has 1 aromatic heterocycles. The number of aromatic nitrogens is 2. The summed E-state index contributed by atoms with van der Waals surface area (Å²) in [4.78, 5) is 5.43. The van der Waals surface area contributed by atoms with Crippen molar-refractivity contribution in [1.29, 1.82) is 0 Å². The molecular weight excluding hydrogens is 324 g/mol. The lowest BCUT2D eigenvalue weighted by Gasteiger charge is -2.35. The summed E-state index contributed by atoms with van der Waals surface area (Å²) < 4.78 is 2.17. The van der Waals surface area contributed by atoms with Crippen molar-refractivity contribution in [2.75, 3.05) is 0 Å². The zero-order valence-corrected chi connectivity index (χ0v) is 14.8. The summed E-state index contributed by atoms with van der Waals surface area (Å²) in [6, 6.07) is 18.6. The van der Waals surface area contributed by atoms with Gasteiger partial charge < -0.3 is 4.57 Å². The Labute approximate surface area is 146 Å². The molecule has 4 heteroatoms. The lowest BCUT2D eigenvalue weighted by atomic mass is 9.84. The number of hydrogen-bond donors (Lipinski definition) is 0. The summed E-state index contributed by atoms with van der Waals surface area (Å²) in [5.41, 5.74) is 1.24. The van der Waals surface area contributed by atoms with Crippen LogP contribution in [0.2, 0.25) is 5.02 Å². The summed E-state index contributed by atoms with van der Waals surface area (Å²) in [5.74, 6) is 0. The number of hydrogen-bond acceptors (Lipinski definition) is 2. The molecule has 0 N–H and O–H groups in total. The van der Waals surface area contributed by atoms with E-state index in [2.05, 4.69) is 65.9 Å². The lowest BCUT2D eigenvalue weighted by molar-refractivity contribution is 0.421. The van der Waals surface area contributed by atoms with Crippen LogP contribution in [-0.4, -0.2) is 9.55 Å². The van der Waals surface area contributed by atoms with Gasteiger partial charge in [0.05, 0.1) is 11.7 Å². The van der Waals surface area contributed by atoms with Crippen molar-refractivity contribution in [2.45, 2.75) is 29.5 Å². The summed E-state index contributed by atoms with van der Waals surface area (Å²) in [5, 5.41) is 0.949. The van der Waals surface area contributed by atoms with Crippen molar-refractivity contribution in [3.05, 3.63) is 83.9 Å². The van der Waals surface area contributed by atoms with Crippen LogP contribution in [0.3, 0.4) is 0 Å². The molecule has 0 aliphatic rings. The number of rotatable bonds is 5. The van der Waals surface area contributed by atoms with E-state index < -0.39 is 0 Å². The normalized spacial score (nSPS) is 13.0. The van der Waals surface area contributed by atoms with Gasteiger partial charge in [0.1, 0.15) is 0 Å². The quantitative estimate of drug-likeness (QED) is 0.545. The monoisotopic (exact) mass is 342 g/mol. The fourth-order valence-corrected chi connectivity index (χ4v) is 4.00. The number of benzene rings is 2. The van der Waals surface area contributed by atoms with Crippen molar-refractivity contribution >= 4 is 23.4 Å². The van der Waals surface area contributed by atoms with Crippen molar-refractivity contribution in [1.82, 2.24) is 9.55 Å². The maximum atomic E-state index is 6.01. The van der Waals surface area contributed by atoms with Gasteiger partial charge in [-0.05, 0) is 29.8 Å². The van der Waals surface area contributed by atoms with Gasteiger partial charge in [-0.1, -0.05) is 67.5 Å². The zero-order chi connectivity index (χ0) is 16.3. The van der Waals surface area contributed by atoms with Crippen molar-refractivity contribution < 1.29 is 0 Å². The highest BCUT2D eigenvalue weighted by Crippen LogP contribution is 2.45. The van der Waals surface area contributed by atoms with Gasteiger partial charge in [-0.25, -0.2) is 4.98 Å². The Kier molecular flexibility index (Phi) is 4.79. The largest absolute Gasteiger partial charge is 0.324 e. The van der Waals surface area contributed by atoms with Crippen molar-refractivity contribution in [3.63, 3.8) is 0 Å². The Morgan fingerprint density at radius 2 is 1.74 bits per heavy atom. The highest BCUT2D eigenvalue weighted by molar-refractivity contribution is 7.99. The van der Waals surface area contributed by atoms with Gasteiger partial charge in [0, 0.05) is 27.7 Å². The lowest BCUT2D eigenvalue weighted by Crippen LogP contribution is -2.28. The number of halogens is 1. The fraction of sp³-hybridized carbons (Fsp3) is 0.211. The van der Waals surface area contributed by atoms with E-state index >= 15 is 0 Å². The molecule has 0 bridgehead atoms. The molecule has 0 aliphatic heterocycles. The first-order chi connectivity index (χ1) is 11.1. The molecule has 2 aromatic carbocycles. The third-order valence-corrected chi connectivity index (χ3v) is 5.84. The molecule has 23 heavy (non-hydrogen) atoms. The maximum absolute atomic E-state index is 6.01. The summed E-state index contributed by atoms with van der Waals surface area (Å²) in [6.07, 6.45) is 5.74. The molecule has 0 saturated heterocycles. The van der Waals surface area contributed by atoms with Crippen molar-refractivity contribution in [3.8, 4) is 0 Å². The van der Waals surface area contributed by atoms with Gasteiger partial charge in [-0.3, -0.25) is 0 Å². The van der Waals surface area contributed by atoms with Crippen LogP contribution in [0.4, 0.5) is 0 Å². The standard InChI is InChI=1S/C19H19ClN2S/c1-19(2,15-6-4-3-5-7-15)18(22-13-12-21-14-22)23-17-10-8-16(20)9-11-17/h3-14,18H,1-2H3. The van der Waals surface area contributed by atoms with Gasteiger partial charge in [0.15, 0.2) is 0 Å². The van der Waals surface area contributed by atoms with Crippen LogP contribution in [-0.2, 0) is 5.41 Å². The smallest absolute Gasteiger partial charge is 0.0956 e. The number of nitrogens with zero attached hydrogens (tertiary/aromatic N) is 2. The van der Waals surface area contributed by atoms with E-state index in [1.165, 1.54) is 10.5 Å². The summed E-state index contributed by atoms with van der Waals surface area (Å²) in [7, 11) is 0. The number of thioether (sulfide) groups is 1. The molecule has 0 amide bonds. The van der Waals surface area contributed by atoms with Crippen LogP contribution in [0.15, 0.2) is 78.2 Å². The van der Waals surface area contributed by atoms with E-state index in [0.29, 0.717) is 0 Å². The van der Waals surface area contributed by atoms with E-state index in [1.807, 2.05) is 42.6 Å². The van der Waals surface area contributed by atoms with Crippen molar-refractivity contribution in [2.24, 2.45) is 0 Å². The molecule has 1 atom stereocenters. The van der Waals surface area contributed by atoms with Gasteiger partial charge >= 0.3 is 0 Å². The van der Waals surface area contributed by atoms with Gasteiger partial charge in [-0.15, -0.1) is 0 Å². The van der Waals surface area contributed by atoms with Gasteiger partial charge in [0.25, 0.3) is 0 Å². The summed E-state index contributed by atoms with van der Waals surface area (Å²) in [6.45, 7) is 4.55. The molecule has 0 aliphatic carbocycles. The minimum absolute atomic E-state index is 0.0632. The predicted molar refractivity (Wildman–Crippen MR) is 98.0 cm³/mol. The molecular formula is C19H19ClN2S. The second-order valence-electron chi connectivity index (χ2n) is 6.02. The van der Waals surface area contributed by atoms with E-state index in [0.717, 1.165) is 5.02 Å². The topological polar surface area (TPSA) is 17.8 Å². The molecule has 3 aromatic rings. The first kappa shape index (κ1) is 16.2. The van der Waals surface area contributed by atoms with Gasteiger partial charge in [-0.2, -0.15) is 0 Å². The van der Waals surface area contributed by atoms with E-state index in [4.69, 9.17) is 11.6 Å². The van der Waals surface area contributed by atoms with Crippen LogP contribution in [0.1, 0.15) is 24.8 Å². The maximum Gasteiger partial charge on any atom is 0.0956 e. The number of imidazole rings is 1. The molecule has 1 unspecified atom stereocenters. The average molecular weight is 343 g/mol. The SMILES string of the molecule is CC(C)(c1ccccc1)C(Sc1ccc(Cl)cc1)n1ccnc1. The summed E-state index contributed by atoms with van der Waals surface area (Å²) >= 11 is 7.83. The molecule has 1 heterocycles. The minimum atomic E-state index is -0.0632. The second-order valence-corrected chi connectivity index (χ2v) is 7.61. The average Bonchev–Trinajstić information content (AvgIpc) is 3.09. The highest BCUT2D eigenvalue weighted by atomic mass is 35.5. The molecule has 0 fully saturated rings. The molecule has 0 saturated carbocycles. The van der Waals surface area contributed by atoms with Crippen LogP contribution in [0, 0.1) is 0 Å². The molecule has 2 nitrogen and oxygen atoms in total. The van der Waals surface area contributed by atoms with E-state index in [1.54, 1.807) is 0 Å². The van der Waals surface area contributed by atoms with E-state index in [-0.39, 0.29) is 10.8 Å².